The lowest BCUT2D eigenvalue weighted by Gasteiger charge is -2.36. The SMILES string of the molecule is CN(CCc1cc(F)ccc1F)C(C)(C)c1ccccc1. The van der Waals surface area contributed by atoms with Crippen molar-refractivity contribution in [2.75, 3.05) is 13.6 Å². The van der Waals surface area contributed by atoms with Crippen LogP contribution in [0.3, 0.4) is 0 Å². The minimum absolute atomic E-state index is 0.162. The zero-order valence-corrected chi connectivity index (χ0v) is 12.7. The third-order valence-electron chi connectivity index (χ3n) is 4.16. The summed E-state index contributed by atoms with van der Waals surface area (Å²) >= 11 is 0. The lowest BCUT2D eigenvalue weighted by atomic mass is 9.92. The molecule has 0 spiro atoms. The Balaban J connectivity index is 2.07. The van der Waals surface area contributed by atoms with Gasteiger partial charge in [-0.25, -0.2) is 8.78 Å². The molecular weight excluding hydrogens is 268 g/mol. The molecule has 0 atom stereocenters. The number of likely N-dealkylation sites (N-methyl/N-ethyl adjacent to an activating group) is 1. The third-order valence-corrected chi connectivity index (χ3v) is 4.16. The maximum absolute atomic E-state index is 13.7. The summed E-state index contributed by atoms with van der Waals surface area (Å²) in [7, 11) is 2.00. The van der Waals surface area contributed by atoms with Crippen molar-refractivity contribution in [3.05, 3.63) is 71.3 Å². The van der Waals surface area contributed by atoms with Gasteiger partial charge in [0.1, 0.15) is 11.6 Å². The Hall–Kier alpha value is -1.74. The lowest BCUT2D eigenvalue weighted by Crippen LogP contribution is -2.39. The topological polar surface area (TPSA) is 3.24 Å². The van der Waals surface area contributed by atoms with Crippen molar-refractivity contribution in [1.29, 1.82) is 0 Å². The Labute approximate surface area is 125 Å². The van der Waals surface area contributed by atoms with Gasteiger partial charge >= 0.3 is 0 Å². The number of rotatable bonds is 5. The molecule has 0 aliphatic rings. The Morgan fingerprint density at radius 3 is 2.33 bits per heavy atom. The van der Waals surface area contributed by atoms with Crippen LogP contribution in [0.1, 0.15) is 25.0 Å². The largest absolute Gasteiger partial charge is 0.297 e. The monoisotopic (exact) mass is 289 g/mol. The Kier molecular flexibility index (Phi) is 4.73. The highest BCUT2D eigenvalue weighted by Crippen LogP contribution is 2.26. The van der Waals surface area contributed by atoms with Crippen LogP contribution >= 0.6 is 0 Å². The summed E-state index contributed by atoms with van der Waals surface area (Å²) < 4.78 is 26.8. The molecule has 112 valence electrons. The molecule has 21 heavy (non-hydrogen) atoms. The van der Waals surface area contributed by atoms with Gasteiger partial charge in [-0.2, -0.15) is 0 Å². The minimum Gasteiger partial charge on any atom is -0.297 e. The molecule has 0 aliphatic heterocycles. The second kappa shape index (κ2) is 6.35. The molecule has 2 aromatic rings. The van der Waals surface area contributed by atoms with E-state index in [0.717, 1.165) is 6.07 Å². The van der Waals surface area contributed by atoms with E-state index in [1.807, 2.05) is 25.2 Å². The Morgan fingerprint density at radius 1 is 1.00 bits per heavy atom. The van der Waals surface area contributed by atoms with Gasteiger partial charge in [-0.1, -0.05) is 30.3 Å². The average molecular weight is 289 g/mol. The van der Waals surface area contributed by atoms with Crippen molar-refractivity contribution in [1.82, 2.24) is 4.90 Å². The first-order chi connectivity index (χ1) is 9.91. The molecule has 0 heterocycles. The quantitative estimate of drug-likeness (QED) is 0.790. The van der Waals surface area contributed by atoms with Crippen molar-refractivity contribution < 1.29 is 8.78 Å². The van der Waals surface area contributed by atoms with Gasteiger partial charge < -0.3 is 0 Å². The van der Waals surface area contributed by atoms with Gasteiger partial charge in [0.05, 0.1) is 0 Å². The van der Waals surface area contributed by atoms with Crippen LogP contribution in [-0.2, 0) is 12.0 Å². The summed E-state index contributed by atoms with van der Waals surface area (Å²) in [5, 5.41) is 0. The summed E-state index contributed by atoms with van der Waals surface area (Å²) in [6.07, 6.45) is 0.482. The predicted octanol–water partition coefficient (Wildman–Crippen LogP) is 4.37. The lowest BCUT2D eigenvalue weighted by molar-refractivity contribution is 0.158. The molecule has 0 amide bonds. The smallest absolute Gasteiger partial charge is 0.126 e. The van der Waals surface area contributed by atoms with Crippen molar-refractivity contribution in [3.63, 3.8) is 0 Å². The van der Waals surface area contributed by atoms with Crippen LogP contribution in [0.25, 0.3) is 0 Å². The summed E-state index contributed by atoms with van der Waals surface area (Å²) in [6.45, 7) is 4.91. The first kappa shape index (κ1) is 15.6. The number of halogens is 2. The molecule has 0 aliphatic carbocycles. The highest BCUT2D eigenvalue weighted by Gasteiger charge is 2.25. The van der Waals surface area contributed by atoms with Gasteiger partial charge in [-0.3, -0.25) is 4.90 Å². The van der Waals surface area contributed by atoms with Gasteiger partial charge in [0.2, 0.25) is 0 Å². The van der Waals surface area contributed by atoms with E-state index in [2.05, 4.69) is 30.9 Å². The standard InChI is InChI=1S/C18H21F2N/c1-18(2,15-7-5-4-6-8-15)21(3)12-11-14-13-16(19)9-10-17(14)20/h4-10,13H,11-12H2,1-3H3. The molecule has 2 aromatic carbocycles. The number of hydrogen-bond donors (Lipinski definition) is 0. The average Bonchev–Trinajstić information content (AvgIpc) is 2.48. The van der Waals surface area contributed by atoms with Gasteiger partial charge in [0.15, 0.2) is 0 Å². The molecule has 0 N–H and O–H groups in total. The van der Waals surface area contributed by atoms with Crippen LogP contribution in [0.2, 0.25) is 0 Å². The molecular formula is C18H21F2N. The zero-order valence-electron chi connectivity index (χ0n) is 12.7. The third kappa shape index (κ3) is 3.67. The molecule has 0 aromatic heterocycles. The molecule has 3 heteroatoms. The number of nitrogens with zero attached hydrogens (tertiary/aromatic N) is 1. The maximum Gasteiger partial charge on any atom is 0.126 e. The summed E-state index contributed by atoms with van der Waals surface area (Å²) in [5.41, 5.74) is 1.46. The maximum atomic E-state index is 13.7. The van der Waals surface area contributed by atoms with Gasteiger partial charge in [0.25, 0.3) is 0 Å². The normalized spacial score (nSPS) is 11.9. The van der Waals surface area contributed by atoms with Crippen LogP contribution < -0.4 is 0 Å². The molecule has 0 bridgehead atoms. The van der Waals surface area contributed by atoms with E-state index in [0.29, 0.717) is 18.5 Å². The van der Waals surface area contributed by atoms with Gasteiger partial charge in [-0.05, 0) is 56.6 Å². The fourth-order valence-corrected chi connectivity index (χ4v) is 2.37. The van der Waals surface area contributed by atoms with E-state index in [-0.39, 0.29) is 11.4 Å². The summed E-state index contributed by atoms with van der Waals surface area (Å²) in [6, 6.07) is 13.8. The highest BCUT2D eigenvalue weighted by molar-refractivity contribution is 5.23. The zero-order chi connectivity index (χ0) is 15.5. The van der Waals surface area contributed by atoms with Crippen molar-refractivity contribution in [2.45, 2.75) is 25.8 Å². The molecule has 0 saturated carbocycles. The summed E-state index contributed by atoms with van der Waals surface area (Å²) in [5.74, 6) is -0.737. The summed E-state index contributed by atoms with van der Waals surface area (Å²) in [4.78, 5) is 2.16. The molecule has 0 saturated heterocycles. The van der Waals surface area contributed by atoms with E-state index in [9.17, 15) is 8.78 Å². The molecule has 2 rings (SSSR count). The first-order valence-electron chi connectivity index (χ1n) is 7.12. The second-order valence-electron chi connectivity index (χ2n) is 5.83. The number of benzene rings is 2. The first-order valence-corrected chi connectivity index (χ1v) is 7.12. The van der Waals surface area contributed by atoms with Crippen molar-refractivity contribution in [3.8, 4) is 0 Å². The van der Waals surface area contributed by atoms with Crippen LogP contribution in [0.15, 0.2) is 48.5 Å². The van der Waals surface area contributed by atoms with Gasteiger partial charge in [0, 0.05) is 12.1 Å². The van der Waals surface area contributed by atoms with E-state index in [4.69, 9.17) is 0 Å². The van der Waals surface area contributed by atoms with Gasteiger partial charge in [-0.15, -0.1) is 0 Å². The fourth-order valence-electron chi connectivity index (χ4n) is 2.37. The van der Waals surface area contributed by atoms with Crippen molar-refractivity contribution in [2.24, 2.45) is 0 Å². The fraction of sp³-hybridized carbons (Fsp3) is 0.333. The van der Waals surface area contributed by atoms with E-state index in [1.54, 1.807) is 0 Å². The second-order valence-corrected chi connectivity index (χ2v) is 5.83. The highest BCUT2D eigenvalue weighted by atomic mass is 19.1. The van der Waals surface area contributed by atoms with Crippen LogP contribution in [0.5, 0.6) is 0 Å². The Bertz CT molecular complexity index is 593. The van der Waals surface area contributed by atoms with Crippen LogP contribution in [0, 0.1) is 11.6 Å². The van der Waals surface area contributed by atoms with Crippen LogP contribution in [-0.4, -0.2) is 18.5 Å². The van der Waals surface area contributed by atoms with E-state index in [1.165, 1.54) is 17.7 Å². The molecule has 1 nitrogen and oxygen atoms in total. The molecule has 0 radical (unpaired) electrons. The van der Waals surface area contributed by atoms with Crippen LogP contribution in [0.4, 0.5) is 8.78 Å². The van der Waals surface area contributed by atoms with E-state index >= 15 is 0 Å². The molecule has 0 unspecified atom stereocenters. The number of hydrogen-bond acceptors (Lipinski definition) is 1. The minimum atomic E-state index is -0.392. The van der Waals surface area contributed by atoms with E-state index < -0.39 is 5.82 Å². The Morgan fingerprint density at radius 2 is 1.67 bits per heavy atom. The predicted molar refractivity (Wildman–Crippen MR) is 82.2 cm³/mol. The van der Waals surface area contributed by atoms with Crippen molar-refractivity contribution >= 4 is 0 Å². The molecule has 0 fully saturated rings.